The Kier molecular flexibility index (Phi) is 38.4. The number of cyclic esters (lactones) is 1. The SMILES string of the molecule is CC[C@@]1(OC(=O)OCc2ccc(NC(=O)[C@H](CCCCN)CC(=O)COCC(=O)CCCOCCOCCOCCOCCOCCOCCOCCOCCn3cc(CCC(=O)CCC/C=C/c4cnc(SC)nc4)nn3)cc2)C(=O)OCc2c1cc1n(c2=O)Cc2c-1nc1ccccc1c2CCN(C(C)C)S(C)(=O)=O. The van der Waals surface area contributed by atoms with E-state index in [2.05, 4.69) is 25.6 Å². The largest absolute Gasteiger partial charge is 0.510 e. The minimum Gasteiger partial charge on any atom is -0.457 e. The van der Waals surface area contributed by atoms with Gasteiger partial charge in [0.1, 0.15) is 32.2 Å². The van der Waals surface area contributed by atoms with Crippen LogP contribution in [0, 0.1) is 5.92 Å². The number of aromatic nitrogens is 7. The van der Waals surface area contributed by atoms with Crippen LogP contribution in [0.5, 0.6) is 0 Å². The first-order valence-electron chi connectivity index (χ1n) is 38.2. The Hall–Kier alpha value is -8.16. The number of carbonyl (C=O) groups excluding carboxylic acids is 6. The van der Waals surface area contributed by atoms with Gasteiger partial charge in [0.2, 0.25) is 21.5 Å². The molecule has 0 spiro atoms. The molecule has 6 aromatic rings. The highest BCUT2D eigenvalue weighted by Gasteiger charge is 2.51. The molecule has 0 radical (unpaired) electrons. The molecule has 4 aromatic heterocycles. The summed E-state index contributed by atoms with van der Waals surface area (Å²) in [7, 11) is -3.54. The number of carbonyl (C=O) groups is 6. The second-order valence-corrected chi connectivity index (χ2v) is 29.8. The van der Waals surface area contributed by atoms with Gasteiger partial charge in [-0.15, -0.1) is 5.10 Å². The normalized spacial score (nSPS) is 14.2. The lowest BCUT2D eigenvalue weighted by molar-refractivity contribution is -0.175. The summed E-state index contributed by atoms with van der Waals surface area (Å²) in [6, 6.07) is 15.3. The number of ketones is 3. The molecule has 0 unspecified atom stereocenters. The Bertz CT molecular complexity index is 4180. The zero-order chi connectivity index (χ0) is 79.9. The lowest BCUT2D eigenvalue weighted by Crippen LogP contribution is -2.47. The number of pyridine rings is 2. The van der Waals surface area contributed by atoms with Crippen molar-refractivity contribution in [2.75, 3.05) is 150 Å². The molecule has 3 N–H and O–H groups in total. The number of para-hydroxylation sites is 1. The van der Waals surface area contributed by atoms with Crippen molar-refractivity contribution in [3.63, 3.8) is 0 Å². The lowest BCUT2D eigenvalue weighted by Gasteiger charge is -2.35. The molecule has 0 saturated heterocycles. The summed E-state index contributed by atoms with van der Waals surface area (Å²) in [4.78, 5) is 107. The third kappa shape index (κ3) is 29.0. The van der Waals surface area contributed by atoms with Gasteiger partial charge in [-0.3, -0.25) is 24.0 Å². The van der Waals surface area contributed by atoms with E-state index in [0.29, 0.717) is 198 Å². The molecule has 6 heterocycles. The number of benzene rings is 2. The molecule has 0 aliphatic carbocycles. The van der Waals surface area contributed by atoms with Crippen LogP contribution in [0.4, 0.5) is 10.5 Å². The number of rotatable bonds is 58. The van der Waals surface area contributed by atoms with Crippen molar-refractivity contribution < 1.29 is 94.0 Å². The first-order chi connectivity index (χ1) is 54.3. The fourth-order valence-corrected chi connectivity index (χ4v) is 14.2. The van der Waals surface area contributed by atoms with E-state index in [0.717, 1.165) is 45.8 Å². The highest BCUT2D eigenvalue weighted by atomic mass is 32.2. The molecular formula is C79H108N10O21S2. The van der Waals surface area contributed by atoms with Crippen LogP contribution in [0.2, 0.25) is 0 Å². The number of anilines is 1. The van der Waals surface area contributed by atoms with Crippen LogP contribution in [-0.4, -0.2) is 233 Å². The number of Topliss-reactive ketones (excluding diaryl/α,β-unsaturated/α-hetero) is 3. The third-order valence-electron chi connectivity index (χ3n) is 18.5. The fraction of sp³-hybridized carbons (Fsp3) is 0.570. The van der Waals surface area contributed by atoms with Gasteiger partial charge < -0.3 is 72.5 Å². The molecule has 2 aliphatic heterocycles. The molecule has 0 fully saturated rings. The molecule has 0 bridgehead atoms. The molecule has 33 heteroatoms. The number of hydrogen-bond acceptors (Lipinski definition) is 28. The van der Waals surface area contributed by atoms with Gasteiger partial charge in [0.25, 0.3) is 5.56 Å². The predicted molar refractivity (Wildman–Crippen MR) is 417 cm³/mol. The number of aryl methyl sites for hydroxylation is 1. The molecule has 2 aromatic carbocycles. The topological polar surface area (TPSA) is 380 Å². The van der Waals surface area contributed by atoms with Crippen molar-refractivity contribution in [1.82, 2.24) is 38.8 Å². The number of hydrogen-bond donors (Lipinski definition) is 2. The molecule has 2 aliphatic rings. The maximum absolute atomic E-state index is 14.4. The van der Waals surface area contributed by atoms with Crippen LogP contribution in [-0.2, 0) is 136 Å². The first kappa shape index (κ1) is 89.4. The summed E-state index contributed by atoms with van der Waals surface area (Å²) in [5.74, 6) is -2.31. The number of nitrogens with zero attached hydrogens (tertiary/aromatic N) is 8. The van der Waals surface area contributed by atoms with Gasteiger partial charge in [-0.05, 0) is 113 Å². The monoisotopic (exact) mass is 1600 g/mol. The minimum atomic E-state index is -3.54. The average molecular weight is 1600 g/mol. The molecule has 0 saturated carbocycles. The van der Waals surface area contributed by atoms with E-state index in [1.807, 2.05) is 62.7 Å². The van der Waals surface area contributed by atoms with Gasteiger partial charge >= 0.3 is 12.1 Å². The Morgan fingerprint density at radius 1 is 0.741 bits per heavy atom. The molecule has 8 rings (SSSR count). The zero-order valence-corrected chi connectivity index (χ0v) is 66.6. The van der Waals surface area contributed by atoms with Crippen molar-refractivity contribution in [2.24, 2.45) is 11.7 Å². The maximum atomic E-state index is 14.4. The van der Waals surface area contributed by atoms with Crippen LogP contribution in [0.25, 0.3) is 28.4 Å². The van der Waals surface area contributed by atoms with Gasteiger partial charge in [0.05, 0.1) is 147 Å². The number of allylic oxidation sites excluding steroid dienone is 1. The molecule has 2 atom stereocenters. The Morgan fingerprint density at radius 3 is 1.99 bits per heavy atom. The second kappa shape index (κ2) is 48.1. The number of unbranched alkanes of at least 4 members (excludes halogenated alkanes) is 2. The summed E-state index contributed by atoms with van der Waals surface area (Å²) >= 11 is 1.50. The van der Waals surface area contributed by atoms with Crippen molar-refractivity contribution in [1.29, 1.82) is 0 Å². The van der Waals surface area contributed by atoms with Crippen LogP contribution >= 0.6 is 11.8 Å². The maximum Gasteiger partial charge on any atom is 0.510 e. The minimum absolute atomic E-state index is 0.109. The number of ether oxygens (including phenoxy) is 12. The van der Waals surface area contributed by atoms with Gasteiger partial charge in [0, 0.05) is 97.1 Å². The number of amides is 1. The summed E-state index contributed by atoms with van der Waals surface area (Å²) in [6.45, 7) is 11.8. The van der Waals surface area contributed by atoms with Crippen LogP contribution in [0.1, 0.15) is 130 Å². The standard InChI is InChI=1S/C79H108N10O21S2/c1-6-79(70-48-72-73-68(52-88(72)75(94)69(70)56-108-76(79)95)66(67-19-10-11-20-71(67)84-73)27-29-89(57(2)3)112(5,97)98)110-78(96)109-53-58-21-23-61(24-22-58)83-74(93)60(16-12-13-28-80)47-65(92)55-107-54-64(91)18-14-31-99-33-35-101-37-39-103-41-43-105-45-46-106-44-42-104-40-38-102-36-34-100-32-30-87-51-62(85-86-87)25-26-63(90)17-9-7-8-15-59-49-81-77(111-4)82-50-59/h8,10-11,15,19-24,48-51,57,60H,6-7,9,12-14,16-18,25-47,52-56,80H2,1-5H3,(H,83,93)/b15-8+/t60-,79+/m1/s1. The number of thioether (sulfide) groups is 1. The molecular weight excluding hydrogens is 1490 g/mol. The second-order valence-electron chi connectivity index (χ2n) is 27.1. The Morgan fingerprint density at radius 2 is 1.37 bits per heavy atom. The van der Waals surface area contributed by atoms with Gasteiger partial charge in [0.15, 0.2) is 16.7 Å². The summed E-state index contributed by atoms with van der Waals surface area (Å²) in [6.07, 6.45) is 16.9. The van der Waals surface area contributed by atoms with E-state index in [1.54, 1.807) is 58.9 Å². The molecule has 112 heavy (non-hydrogen) atoms. The van der Waals surface area contributed by atoms with E-state index < -0.39 is 45.1 Å². The van der Waals surface area contributed by atoms with Crippen LogP contribution in [0.15, 0.2) is 89.2 Å². The van der Waals surface area contributed by atoms with Crippen LogP contribution < -0.4 is 16.6 Å². The van der Waals surface area contributed by atoms with Crippen molar-refractivity contribution in [2.45, 2.75) is 147 Å². The number of esters is 1. The summed E-state index contributed by atoms with van der Waals surface area (Å²) in [5.41, 5.74) is 9.26. The van der Waals surface area contributed by atoms with Crippen molar-refractivity contribution >= 4 is 79.8 Å². The van der Waals surface area contributed by atoms with Gasteiger partial charge in [-0.25, -0.2) is 37.6 Å². The smallest absolute Gasteiger partial charge is 0.457 e. The van der Waals surface area contributed by atoms with Crippen molar-refractivity contribution in [3.05, 3.63) is 129 Å². The number of nitrogens with two attached hydrogens (primary N) is 1. The highest BCUT2D eigenvalue weighted by molar-refractivity contribution is 7.98. The number of nitrogens with one attached hydrogen (secondary N) is 1. The number of fused-ring (bicyclic) bond motifs is 5. The summed E-state index contributed by atoms with van der Waals surface area (Å²) in [5, 5.41) is 12.8. The van der Waals surface area contributed by atoms with Crippen LogP contribution in [0.3, 0.4) is 0 Å². The van der Waals surface area contributed by atoms with Gasteiger partial charge in [-0.1, -0.05) is 72.8 Å². The third-order valence-corrected chi connectivity index (χ3v) is 20.5. The van der Waals surface area contributed by atoms with Crippen molar-refractivity contribution in [3.8, 4) is 11.4 Å². The van der Waals surface area contributed by atoms with E-state index >= 15 is 0 Å². The predicted octanol–water partition coefficient (Wildman–Crippen LogP) is 7.98. The van der Waals surface area contributed by atoms with E-state index in [1.165, 1.54) is 22.3 Å². The van der Waals surface area contributed by atoms with E-state index in [9.17, 15) is 42.0 Å². The molecule has 1 amide bonds. The zero-order valence-electron chi connectivity index (χ0n) is 64.9. The quantitative estimate of drug-likeness (QED) is 0.0158. The lowest BCUT2D eigenvalue weighted by atomic mass is 9.85. The fourth-order valence-electron chi connectivity index (χ4n) is 12.7. The highest BCUT2D eigenvalue weighted by Crippen LogP contribution is 2.43. The summed E-state index contributed by atoms with van der Waals surface area (Å²) < 4.78 is 97.3. The van der Waals surface area contributed by atoms with E-state index in [4.69, 9.17) is 67.6 Å². The Balaban J connectivity index is 0.601. The van der Waals surface area contributed by atoms with E-state index in [-0.39, 0.29) is 93.3 Å². The first-order valence-corrected chi connectivity index (χ1v) is 41.3. The molecule has 31 nitrogen and oxygen atoms in total. The Labute approximate surface area is 658 Å². The van der Waals surface area contributed by atoms with Gasteiger partial charge in [-0.2, -0.15) is 4.31 Å². The molecule has 612 valence electrons. The number of sulfonamides is 1. The average Bonchev–Trinajstić information content (AvgIpc) is 1.49.